The fourth-order valence-electron chi connectivity index (χ4n) is 1.54. The van der Waals surface area contributed by atoms with Gasteiger partial charge in [-0.3, -0.25) is 4.98 Å². The van der Waals surface area contributed by atoms with Gasteiger partial charge in [0.05, 0.1) is 5.69 Å². The summed E-state index contributed by atoms with van der Waals surface area (Å²) in [5.74, 6) is 0. The maximum Gasteiger partial charge on any atom is 0.0733 e. The minimum Gasteiger partial charge on any atom is -0.385 e. The van der Waals surface area contributed by atoms with Crippen LogP contribution in [0.2, 0.25) is 0 Å². The Morgan fingerprint density at radius 2 is 2.27 bits per heavy atom. The Morgan fingerprint density at radius 1 is 1.40 bits per heavy atom. The quantitative estimate of drug-likeness (QED) is 0.852. The maximum absolute atomic E-state index is 4.39. The number of anilines is 1. The van der Waals surface area contributed by atoms with Gasteiger partial charge in [-0.15, -0.1) is 11.3 Å². The van der Waals surface area contributed by atoms with E-state index in [0.29, 0.717) is 0 Å². The van der Waals surface area contributed by atoms with Crippen LogP contribution in [0.15, 0.2) is 29.8 Å². The molecule has 0 amide bonds. The number of pyridine rings is 1. The lowest BCUT2D eigenvalue weighted by molar-refractivity contribution is 1.20. The molecule has 2 rings (SSSR count). The molecule has 2 heterocycles. The monoisotopic (exact) mass is 218 g/mol. The molecule has 0 aliphatic carbocycles. The van der Waals surface area contributed by atoms with Gasteiger partial charge in [-0.1, -0.05) is 0 Å². The number of rotatable bonds is 3. The summed E-state index contributed by atoms with van der Waals surface area (Å²) in [5.41, 5.74) is 3.42. The summed E-state index contributed by atoms with van der Waals surface area (Å²) >= 11 is 1.76. The number of nitrogens with zero attached hydrogens (tertiary/aromatic N) is 1. The molecule has 2 nitrogen and oxygen atoms in total. The van der Waals surface area contributed by atoms with Crippen LogP contribution in [-0.2, 0) is 0 Å². The molecule has 0 saturated carbocycles. The minimum absolute atomic E-state index is 0.937. The van der Waals surface area contributed by atoms with Crippen LogP contribution in [0, 0.1) is 6.92 Å². The summed E-state index contributed by atoms with van der Waals surface area (Å²) in [6.45, 7) is 5.16. The molecule has 0 aromatic carbocycles. The Balaban J connectivity index is 2.37. The van der Waals surface area contributed by atoms with Crippen molar-refractivity contribution < 1.29 is 0 Å². The summed E-state index contributed by atoms with van der Waals surface area (Å²) in [5, 5.41) is 5.40. The molecule has 0 bridgehead atoms. The van der Waals surface area contributed by atoms with Crippen molar-refractivity contribution >= 4 is 17.0 Å². The highest BCUT2D eigenvalue weighted by Gasteiger charge is 2.04. The van der Waals surface area contributed by atoms with Crippen molar-refractivity contribution in [3.8, 4) is 11.3 Å². The third-order valence-electron chi connectivity index (χ3n) is 2.28. The first kappa shape index (κ1) is 10.2. The molecular formula is C12H14N2S. The zero-order chi connectivity index (χ0) is 10.7. The number of thiophene rings is 1. The molecule has 15 heavy (non-hydrogen) atoms. The lowest BCUT2D eigenvalue weighted by atomic mass is 10.1. The molecule has 0 saturated heterocycles. The van der Waals surface area contributed by atoms with Gasteiger partial charge in [-0.05, 0) is 37.4 Å². The van der Waals surface area contributed by atoms with E-state index >= 15 is 0 Å². The Morgan fingerprint density at radius 3 is 2.93 bits per heavy atom. The summed E-state index contributed by atoms with van der Waals surface area (Å²) in [4.78, 5) is 5.71. The normalized spacial score (nSPS) is 10.3. The van der Waals surface area contributed by atoms with Gasteiger partial charge in [0.2, 0.25) is 0 Å². The van der Waals surface area contributed by atoms with Gasteiger partial charge in [-0.25, -0.2) is 0 Å². The van der Waals surface area contributed by atoms with Crippen LogP contribution in [0.5, 0.6) is 0 Å². The summed E-state index contributed by atoms with van der Waals surface area (Å²) in [6, 6.07) is 6.21. The van der Waals surface area contributed by atoms with E-state index in [1.165, 1.54) is 10.4 Å². The highest BCUT2D eigenvalue weighted by molar-refractivity contribution is 7.10. The third-order valence-corrected chi connectivity index (χ3v) is 3.12. The molecule has 78 valence electrons. The van der Waals surface area contributed by atoms with Gasteiger partial charge in [0.15, 0.2) is 0 Å². The smallest absolute Gasteiger partial charge is 0.0733 e. The fraction of sp³-hybridized carbons (Fsp3) is 0.250. The van der Waals surface area contributed by atoms with E-state index in [1.807, 2.05) is 12.3 Å². The topological polar surface area (TPSA) is 24.9 Å². The highest BCUT2D eigenvalue weighted by atomic mass is 32.1. The first-order valence-corrected chi connectivity index (χ1v) is 5.93. The van der Waals surface area contributed by atoms with Crippen LogP contribution in [-0.4, -0.2) is 11.5 Å². The van der Waals surface area contributed by atoms with Gasteiger partial charge in [0, 0.05) is 28.9 Å². The fourth-order valence-corrected chi connectivity index (χ4v) is 2.25. The first-order chi connectivity index (χ1) is 7.31. The van der Waals surface area contributed by atoms with Crippen molar-refractivity contribution in [3.05, 3.63) is 34.7 Å². The molecule has 0 aliphatic rings. The van der Waals surface area contributed by atoms with Crippen molar-refractivity contribution in [2.75, 3.05) is 11.9 Å². The zero-order valence-corrected chi connectivity index (χ0v) is 9.77. The highest BCUT2D eigenvalue weighted by Crippen LogP contribution is 2.27. The van der Waals surface area contributed by atoms with Crippen LogP contribution >= 0.6 is 11.3 Å². The van der Waals surface area contributed by atoms with Crippen molar-refractivity contribution in [3.63, 3.8) is 0 Å². The molecule has 0 fully saturated rings. The van der Waals surface area contributed by atoms with E-state index in [9.17, 15) is 0 Å². The third kappa shape index (κ3) is 2.18. The van der Waals surface area contributed by atoms with E-state index in [-0.39, 0.29) is 0 Å². The lowest BCUT2D eigenvalue weighted by Crippen LogP contribution is -1.96. The standard InChI is InChI=1S/C12H14N2S/c1-3-13-10-4-6-14-12(8-10)11-5-7-15-9(11)2/h4-8H,3H2,1-2H3,(H,13,14). The van der Waals surface area contributed by atoms with E-state index in [4.69, 9.17) is 0 Å². The lowest BCUT2D eigenvalue weighted by Gasteiger charge is -2.05. The van der Waals surface area contributed by atoms with Crippen LogP contribution < -0.4 is 5.32 Å². The predicted molar refractivity (Wildman–Crippen MR) is 66.5 cm³/mol. The molecule has 2 aromatic heterocycles. The molecule has 3 heteroatoms. The van der Waals surface area contributed by atoms with Gasteiger partial charge in [0.1, 0.15) is 0 Å². The number of nitrogens with one attached hydrogen (secondary N) is 1. The molecule has 2 aromatic rings. The summed E-state index contributed by atoms with van der Waals surface area (Å²) in [6.07, 6.45) is 1.85. The molecule has 0 atom stereocenters. The van der Waals surface area contributed by atoms with Gasteiger partial charge in [0.25, 0.3) is 0 Å². The van der Waals surface area contributed by atoms with E-state index in [0.717, 1.165) is 17.9 Å². The molecule has 0 aliphatic heterocycles. The number of hydrogen-bond acceptors (Lipinski definition) is 3. The Labute approximate surface area is 94.0 Å². The Hall–Kier alpha value is -1.35. The van der Waals surface area contributed by atoms with Gasteiger partial charge >= 0.3 is 0 Å². The van der Waals surface area contributed by atoms with E-state index in [1.54, 1.807) is 11.3 Å². The SMILES string of the molecule is CCNc1ccnc(-c2ccsc2C)c1. The average molecular weight is 218 g/mol. The molecule has 0 unspecified atom stereocenters. The second kappa shape index (κ2) is 4.45. The van der Waals surface area contributed by atoms with Crippen molar-refractivity contribution in [1.82, 2.24) is 4.98 Å². The van der Waals surface area contributed by atoms with E-state index in [2.05, 4.69) is 41.7 Å². The first-order valence-electron chi connectivity index (χ1n) is 5.05. The minimum atomic E-state index is 0.937. The predicted octanol–water partition coefficient (Wildman–Crippen LogP) is 3.55. The molecule has 0 spiro atoms. The van der Waals surface area contributed by atoms with Crippen molar-refractivity contribution in [2.24, 2.45) is 0 Å². The summed E-state index contributed by atoms with van der Waals surface area (Å²) in [7, 11) is 0. The molecule has 1 N–H and O–H groups in total. The maximum atomic E-state index is 4.39. The molecular weight excluding hydrogens is 204 g/mol. The number of hydrogen-bond donors (Lipinski definition) is 1. The van der Waals surface area contributed by atoms with Gasteiger partial charge < -0.3 is 5.32 Å². The van der Waals surface area contributed by atoms with Crippen molar-refractivity contribution in [2.45, 2.75) is 13.8 Å². The van der Waals surface area contributed by atoms with Crippen LogP contribution in [0.3, 0.4) is 0 Å². The zero-order valence-electron chi connectivity index (χ0n) is 8.95. The second-order valence-corrected chi connectivity index (χ2v) is 4.47. The Kier molecular flexibility index (Phi) is 3.02. The number of aromatic nitrogens is 1. The van der Waals surface area contributed by atoms with Crippen molar-refractivity contribution in [1.29, 1.82) is 0 Å². The average Bonchev–Trinajstić information content (AvgIpc) is 2.65. The second-order valence-electron chi connectivity index (χ2n) is 3.35. The Bertz CT molecular complexity index is 448. The van der Waals surface area contributed by atoms with E-state index < -0.39 is 0 Å². The van der Waals surface area contributed by atoms with Crippen LogP contribution in [0.4, 0.5) is 5.69 Å². The molecule has 0 radical (unpaired) electrons. The van der Waals surface area contributed by atoms with Gasteiger partial charge in [-0.2, -0.15) is 0 Å². The summed E-state index contributed by atoms with van der Waals surface area (Å²) < 4.78 is 0. The van der Waals surface area contributed by atoms with Crippen LogP contribution in [0.1, 0.15) is 11.8 Å². The largest absolute Gasteiger partial charge is 0.385 e. The number of aryl methyl sites for hydroxylation is 1. The van der Waals surface area contributed by atoms with Crippen LogP contribution in [0.25, 0.3) is 11.3 Å².